The van der Waals surface area contributed by atoms with Gasteiger partial charge < -0.3 is 0 Å². The van der Waals surface area contributed by atoms with Gasteiger partial charge in [-0.05, 0) is 0 Å². The van der Waals surface area contributed by atoms with Crippen molar-refractivity contribution in [2.45, 2.75) is 27.7 Å². The zero-order valence-electron chi connectivity index (χ0n) is 19.4. The van der Waals surface area contributed by atoms with E-state index in [0.29, 0.717) is 0 Å². The monoisotopic (exact) mass is 484 g/mol. The number of aryl methyl sites for hydroxylation is 2. The second kappa shape index (κ2) is 16.2. The van der Waals surface area contributed by atoms with E-state index in [9.17, 15) is 0 Å². The average molecular weight is 486 g/mol. The second-order valence-corrected chi connectivity index (χ2v) is 7.22. The molecule has 0 aromatic heterocycles. The van der Waals surface area contributed by atoms with Crippen molar-refractivity contribution in [3.8, 4) is 0 Å². The smallest absolute Gasteiger partial charge is 0.199 e. The Morgan fingerprint density at radius 3 is 0.935 bits per heavy atom. The van der Waals surface area contributed by atoms with Crippen LogP contribution in [0.15, 0.2) is 97.1 Å². The van der Waals surface area contributed by atoms with Gasteiger partial charge in [0.15, 0.2) is 0 Å². The van der Waals surface area contributed by atoms with E-state index in [1.807, 2.05) is 91.0 Å². The minimum atomic E-state index is 0. The summed E-state index contributed by atoms with van der Waals surface area (Å²) in [7, 11) is 0. The molecule has 0 aliphatic heterocycles. The quantitative estimate of drug-likeness (QED) is 0.220. The first kappa shape index (κ1) is 28.5. The Morgan fingerprint density at radius 2 is 0.839 bits per heavy atom. The van der Waals surface area contributed by atoms with Crippen molar-refractivity contribution >= 4 is 0 Å². The molecule has 31 heavy (non-hydrogen) atoms. The van der Waals surface area contributed by atoms with Gasteiger partial charge in [-0.2, -0.15) is 102 Å². The maximum absolute atomic E-state index is 3.72. The van der Waals surface area contributed by atoms with E-state index in [2.05, 4.69) is 54.5 Å². The Labute approximate surface area is 209 Å². The molecule has 4 rings (SSSR count). The molecule has 4 aromatic carbocycles. The fourth-order valence-corrected chi connectivity index (χ4v) is 2.57. The molecule has 0 heterocycles. The molecule has 1 heteroatoms. The Balaban J connectivity index is 0.000000385. The third-order valence-corrected chi connectivity index (χ3v) is 4.71. The molecule has 0 saturated heterocycles. The van der Waals surface area contributed by atoms with Crippen molar-refractivity contribution in [1.82, 2.24) is 0 Å². The SMILES string of the molecule is Cc1c[c-](C)c(C)c1C.[CH2-]c1ccccc1.[CH2-]c1ccccc1.[CH2-]c1ccccc1.[Zr+4]. The van der Waals surface area contributed by atoms with Crippen LogP contribution >= 0.6 is 0 Å². The third kappa shape index (κ3) is 12.7. The molecule has 0 unspecified atom stereocenters. The van der Waals surface area contributed by atoms with Crippen LogP contribution in [0.1, 0.15) is 38.9 Å². The minimum absolute atomic E-state index is 0. The fourth-order valence-electron chi connectivity index (χ4n) is 2.57. The number of hydrogen-bond donors (Lipinski definition) is 0. The summed E-state index contributed by atoms with van der Waals surface area (Å²) in [6, 6.07) is 31.9. The average Bonchev–Trinajstić information content (AvgIpc) is 2.97. The van der Waals surface area contributed by atoms with E-state index in [1.54, 1.807) is 0 Å². The number of hydrogen-bond acceptors (Lipinski definition) is 0. The van der Waals surface area contributed by atoms with Gasteiger partial charge in [0.2, 0.25) is 0 Å². The molecule has 158 valence electrons. The molecule has 0 bridgehead atoms. The van der Waals surface area contributed by atoms with Crippen molar-refractivity contribution in [2.24, 2.45) is 0 Å². The summed E-state index contributed by atoms with van der Waals surface area (Å²) < 4.78 is 0. The van der Waals surface area contributed by atoms with Gasteiger partial charge in [-0.25, -0.2) is 0 Å². The molecular weight excluding hydrogens is 452 g/mol. The molecule has 4 aromatic rings. The molecule has 0 radical (unpaired) electrons. The maximum Gasteiger partial charge on any atom is 4.00 e. The van der Waals surface area contributed by atoms with E-state index in [0.717, 1.165) is 16.7 Å². The zero-order valence-corrected chi connectivity index (χ0v) is 21.8. The van der Waals surface area contributed by atoms with Crippen molar-refractivity contribution < 1.29 is 26.2 Å². The molecule has 0 fully saturated rings. The van der Waals surface area contributed by atoms with Crippen LogP contribution in [0.2, 0.25) is 0 Å². The molecule has 0 amide bonds. The van der Waals surface area contributed by atoms with Gasteiger partial charge in [-0.15, -0.1) is 36.4 Å². The van der Waals surface area contributed by atoms with Gasteiger partial charge in [0.05, 0.1) is 0 Å². The Hall–Kier alpha value is -2.50. The first-order valence-electron chi connectivity index (χ1n) is 10.1. The first-order valence-corrected chi connectivity index (χ1v) is 10.1. The molecule has 0 atom stereocenters. The number of benzene rings is 3. The van der Waals surface area contributed by atoms with Crippen LogP contribution in [-0.2, 0) is 26.2 Å². The largest absolute Gasteiger partial charge is 4.00 e. The molecular formula is C30H34Zr. The molecule has 0 N–H and O–H groups in total. The minimum Gasteiger partial charge on any atom is -0.199 e. The van der Waals surface area contributed by atoms with Gasteiger partial charge in [-0.1, -0.05) is 45.9 Å². The van der Waals surface area contributed by atoms with Gasteiger partial charge in [0.25, 0.3) is 0 Å². The summed E-state index contributed by atoms with van der Waals surface area (Å²) in [5, 5.41) is 0. The van der Waals surface area contributed by atoms with Crippen LogP contribution < -0.4 is 0 Å². The van der Waals surface area contributed by atoms with Gasteiger partial charge in [-0.3, -0.25) is 0 Å². The van der Waals surface area contributed by atoms with E-state index in [-0.39, 0.29) is 26.2 Å². The zero-order chi connectivity index (χ0) is 22.4. The Morgan fingerprint density at radius 1 is 0.548 bits per heavy atom. The molecule has 0 aliphatic carbocycles. The van der Waals surface area contributed by atoms with E-state index >= 15 is 0 Å². The fraction of sp³-hybridized carbons (Fsp3) is 0.133. The maximum atomic E-state index is 3.72. The van der Waals surface area contributed by atoms with Gasteiger partial charge in [0.1, 0.15) is 0 Å². The summed E-state index contributed by atoms with van der Waals surface area (Å²) in [6.07, 6.45) is 0. The van der Waals surface area contributed by atoms with Crippen LogP contribution in [0.25, 0.3) is 0 Å². The van der Waals surface area contributed by atoms with Crippen LogP contribution in [-0.4, -0.2) is 0 Å². The van der Waals surface area contributed by atoms with Crippen LogP contribution in [0.4, 0.5) is 0 Å². The first-order chi connectivity index (χ1) is 14.3. The Bertz CT molecular complexity index is 824. The van der Waals surface area contributed by atoms with Crippen molar-refractivity contribution in [2.75, 3.05) is 0 Å². The molecule has 0 saturated carbocycles. The summed E-state index contributed by atoms with van der Waals surface area (Å²) in [4.78, 5) is 0. The van der Waals surface area contributed by atoms with E-state index in [4.69, 9.17) is 0 Å². The normalized spacial score (nSPS) is 8.77. The predicted octanol–water partition coefficient (Wildman–Crippen LogP) is 8.24. The molecule has 0 aliphatic rings. The van der Waals surface area contributed by atoms with Crippen LogP contribution in [0, 0.1) is 48.5 Å². The van der Waals surface area contributed by atoms with Crippen molar-refractivity contribution in [1.29, 1.82) is 0 Å². The van der Waals surface area contributed by atoms with Crippen molar-refractivity contribution in [3.05, 3.63) is 157 Å². The second-order valence-electron chi connectivity index (χ2n) is 7.22. The van der Waals surface area contributed by atoms with E-state index in [1.165, 1.54) is 22.3 Å². The Kier molecular flexibility index (Phi) is 14.9. The van der Waals surface area contributed by atoms with Crippen LogP contribution in [0.5, 0.6) is 0 Å². The molecule has 0 spiro atoms. The summed E-state index contributed by atoms with van der Waals surface area (Å²) in [6.45, 7) is 19.8. The van der Waals surface area contributed by atoms with Gasteiger partial charge >= 0.3 is 26.2 Å². The third-order valence-electron chi connectivity index (χ3n) is 4.71. The topological polar surface area (TPSA) is 0 Å². The molecule has 0 nitrogen and oxygen atoms in total. The van der Waals surface area contributed by atoms with E-state index < -0.39 is 0 Å². The summed E-state index contributed by atoms with van der Waals surface area (Å²) in [5.41, 5.74) is 8.96. The standard InChI is InChI=1S/C9H13.3C7H7.Zr/c1-6-5-7(2)9(4)8(6)3;3*1-7-5-3-2-4-6-7;/h5H,1-4H3;3*2-6H,1H2;/q4*-1;+4. The summed E-state index contributed by atoms with van der Waals surface area (Å²) >= 11 is 0. The van der Waals surface area contributed by atoms with Crippen LogP contribution in [0.3, 0.4) is 0 Å². The number of rotatable bonds is 0. The van der Waals surface area contributed by atoms with Crippen molar-refractivity contribution in [3.63, 3.8) is 0 Å². The summed E-state index contributed by atoms with van der Waals surface area (Å²) in [5.74, 6) is 0. The predicted molar refractivity (Wildman–Crippen MR) is 134 cm³/mol. The van der Waals surface area contributed by atoms with Gasteiger partial charge in [0, 0.05) is 0 Å².